The number of urea groups is 1. The van der Waals surface area contributed by atoms with Gasteiger partial charge in [-0.2, -0.15) is 0 Å². The maximum atomic E-state index is 12.6. The highest BCUT2D eigenvalue weighted by molar-refractivity contribution is 6.16. The third kappa shape index (κ3) is 3.66. The Labute approximate surface area is 146 Å². The van der Waals surface area contributed by atoms with Gasteiger partial charge in [-0.15, -0.1) is 0 Å². The molecule has 1 aromatic rings. The predicted molar refractivity (Wildman–Crippen MR) is 91.9 cm³/mol. The van der Waals surface area contributed by atoms with Gasteiger partial charge in [0.1, 0.15) is 0 Å². The summed E-state index contributed by atoms with van der Waals surface area (Å²) in [5.74, 6) is -0.497. The van der Waals surface area contributed by atoms with Crippen molar-refractivity contribution in [2.45, 2.75) is 32.4 Å². The summed E-state index contributed by atoms with van der Waals surface area (Å²) in [6.07, 6.45) is 1.26. The number of nitrogens with zero attached hydrogens (tertiary/aromatic N) is 2. The van der Waals surface area contributed by atoms with E-state index in [-0.39, 0.29) is 30.4 Å². The first-order valence-corrected chi connectivity index (χ1v) is 8.51. The highest BCUT2D eigenvalue weighted by atomic mass is 16.5. The molecule has 3 amide bonds. The molecule has 2 heterocycles. The van der Waals surface area contributed by atoms with Crippen LogP contribution in [0.4, 0.5) is 10.5 Å². The summed E-state index contributed by atoms with van der Waals surface area (Å²) in [6, 6.07) is 6.92. The van der Waals surface area contributed by atoms with Gasteiger partial charge in [-0.3, -0.25) is 14.5 Å². The van der Waals surface area contributed by atoms with Gasteiger partial charge in [-0.25, -0.2) is 9.69 Å². The van der Waals surface area contributed by atoms with Crippen molar-refractivity contribution >= 4 is 23.6 Å². The van der Waals surface area contributed by atoms with Crippen molar-refractivity contribution < 1.29 is 19.1 Å². The number of esters is 1. The minimum atomic E-state index is -0.401. The van der Waals surface area contributed by atoms with Gasteiger partial charge in [0.2, 0.25) is 5.91 Å². The first kappa shape index (κ1) is 17.4. The second-order valence-electron chi connectivity index (χ2n) is 6.57. The second kappa shape index (κ2) is 7.23. The number of benzene rings is 1. The minimum Gasteiger partial charge on any atom is -0.469 e. The molecule has 1 aromatic carbocycles. The van der Waals surface area contributed by atoms with Crippen molar-refractivity contribution in [2.75, 3.05) is 25.1 Å². The number of piperidine rings is 1. The quantitative estimate of drug-likeness (QED) is 0.843. The molecule has 0 aromatic heterocycles. The van der Waals surface area contributed by atoms with Crippen LogP contribution in [-0.4, -0.2) is 49.2 Å². The first-order chi connectivity index (χ1) is 12.0. The average molecular weight is 345 g/mol. The molecular weight excluding hydrogens is 322 g/mol. The van der Waals surface area contributed by atoms with Crippen LogP contribution in [0.5, 0.6) is 0 Å². The Morgan fingerprint density at radius 2 is 1.96 bits per heavy atom. The lowest BCUT2D eigenvalue weighted by Crippen LogP contribution is -2.61. The molecule has 0 aliphatic carbocycles. The molecule has 0 radical (unpaired) electrons. The Morgan fingerprint density at radius 3 is 2.56 bits per heavy atom. The predicted octanol–water partition coefficient (Wildman–Crippen LogP) is 1.65. The summed E-state index contributed by atoms with van der Waals surface area (Å²) in [4.78, 5) is 39.9. The van der Waals surface area contributed by atoms with E-state index in [1.807, 2.05) is 25.1 Å². The van der Waals surface area contributed by atoms with Crippen LogP contribution >= 0.6 is 0 Å². The molecule has 1 N–H and O–H groups in total. The number of rotatable bonds is 3. The molecule has 2 aliphatic heterocycles. The summed E-state index contributed by atoms with van der Waals surface area (Å²) >= 11 is 0. The molecular formula is C18H23N3O4. The topological polar surface area (TPSA) is 79.0 Å². The number of aryl methyl sites for hydroxylation is 1. The number of nitrogens with one attached hydrogen (secondary N) is 1. The fraction of sp³-hybridized carbons (Fsp3) is 0.500. The molecule has 2 aliphatic rings. The van der Waals surface area contributed by atoms with Crippen LogP contribution in [0.15, 0.2) is 24.3 Å². The van der Waals surface area contributed by atoms with E-state index in [4.69, 9.17) is 4.74 Å². The van der Waals surface area contributed by atoms with Crippen molar-refractivity contribution in [3.05, 3.63) is 29.8 Å². The third-order valence-corrected chi connectivity index (χ3v) is 4.88. The molecule has 7 nitrogen and oxygen atoms in total. The maximum absolute atomic E-state index is 12.6. The molecule has 25 heavy (non-hydrogen) atoms. The van der Waals surface area contributed by atoms with E-state index in [0.29, 0.717) is 31.6 Å². The molecule has 7 heteroatoms. The van der Waals surface area contributed by atoms with Crippen LogP contribution in [0.2, 0.25) is 0 Å². The number of anilines is 1. The molecule has 2 saturated heterocycles. The number of hydrogen-bond acceptors (Lipinski definition) is 5. The number of ether oxygens (including phenoxy) is 1. The van der Waals surface area contributed by atoms with Crippen LogP contribution < -0.4 is 10.2 Å². The van der Waals surface area contributed by atoms with E-state index in [9.17, 15) is 14.4 Å². The Morgan fingerprint density at radius 1 is 1.24 bits per heavy atom. The Balaban J connectivity index is 1.64. The lowest BCUT2D eigenvalue weighted by molar-refractivity contribution is -0.147. The molecule has 1 atom stereocenters. The van der Waals surface area contributed by atoms with Crippen molar-refractivity contribution in [2.24, 2.45) is 5.92 Å². The normalized spacial score (nSPS) is 22.6. The second-order valence-corrected chi connectivity index (χ2v) is 6.57. The Bertz CT molecular complexity index is 665. The highest BCUT2D eigenvalue weighted by Crippen LogP contribution is 2.25. The molecule has 0 spiro atoms. The van der Waals surface area contributed by atoms with Gasteiger partial charge in [0.25, 0.3) is 0 Å². The Hall–Kier alpha value is -2.41. The fourth-order valence-corrected chi connectivity index (χ4v) is 3.49. The maximum Gasteiger partial charge on any atom is 0.329 e. The van der Waals surface area contributed by atoms with Crippen molar-refractivity contribution in [3.8, 4) is 0 Å². The van der Waals surface area contributed by atoms with E-state index in [1.165, 1.54) is 12.0 Å². The number of methoxy groups -OCH3 is 1. The summed E-state index contributed by atoms with van der Waals surface area (Å²) < 4.78 is 4.79. The van der Waals surface area contributed by atoms with E-state index in [0.717, 1.165) is 5.56 Å². The van der Waals surface area contributed by atoms with Gasteiger partial charge in [0.15, 0.2) is 0 Å². The van der Waals surface area contributed by atoms with Gasteiger partial charge >= 0.3 is 12.0 Å². The zero-order valence-electron chi connectivity index (χ0n) is 14.5. The monoisotopic (exact) mass is 345 g/mol. The van der Waals surface area contributed by atoms with Crippen LogP contribution in [0.3, 0.4) is 0 Å². The van der Waals surface area contributed by atoms with Crippen LogP contribution in [0.1, 0.15) is 24.8 Å². The minimum absolute atomic E-state index is 0.0972. The first-order valence-electron chi connectivity index (χ1n) is 8.51. The zero-order chi connectivity index (χ0) is 18.0. The lowest BCUT2D eigenvalue weighted by atomic mass is 9.96. The number of carbonyl (C=O) groups excluding carboxylic acids is 3. The largest absolute Gasteiger partial charge is 0.469 e. The number of hydrogen-bond donors (Lipinski definition) is 1. The standard InChI is InChI=1S/C18H23N3O4/c1-12-4-3-5-14(10-12)21-16(22)11-15(19-18(21)24)20-8-6-13(7-9-20)17(23)25-2/h3-5,10,13,15H,6-9,11H2,1-2H3,(H,19,24). The molecule has 0 bridgehead atoms. The van der Waals surface area contributed by atoms with Gasteiger partial charge in [-0.05, 0) is 37.5 Å². The fourth-order valence-electron chi connectivity index (χ4n) is 3.49. The highest BCUT2D eigenvalue weighted by Gasteiger charge is 2.37. The van der Waals surface area contributed by atoms with Crippen LogP contribution in [-0.2, 0) is 14.3 Å². The smallest absolute Gasteiger partial charge is 0.329 e. The van der Waals surface area contributed by atoms with Crippen molar-refractivity contribution in [1.82, 2.24) is 10.2 Å². The SMILES string of the molecule is COC(=O)C1CCN(C2CC(=O)N(c3cccc(C)c3)C(=O)N2)CC1. The van der Waals surface area contributed by atoms with Gasteiger partial charge < -0.3 is 10.1 Å². The van der Waals surface area contributed by atoms with Crippen LogP contribution in [0, 0.1) is 12.8 Å². The number of amides is 3. The molecule has 1 unspecified atom stereocenters. The molecule has 134 valence electrons. The summed E-state index contributed by atoms with van der Waals surface area (Å²) in [6.45, 7) is 3.23. The van der Waals surface area contributed by atoms with Crippen molar-refractivity contribution in [1.29, 1.82) is 0 Å². The summed E-state index contributed by atoms with van der Waals surface area (Å²) in [5, 5.41) is 2.92. The van der Waals surface area contributed by atoms with E-state index >= 15 is 0 Å². The number of imide groups is 1. The van der Waals surface area contributed by atoms with E-state index in [2.05, 4.69) is 10.2 Å². The number of carbonyl (C=O) groups is 3. The summed E-state index contributed by atoms with van der Waals surface area (Å²) in [7, 11) is 1.40. The van der Waals surface area contributed by atoms with E-state index in [1.54, 1.807) is 6.07 Å². The summed E-state index contributed by atoms with van der Waals surface area (Å²) in [5.41, 5.74) is 1.58. The van der Waals surface area contributed by atoms with E-state index < -0.39 is 6.03 Å². The zero-order valence-corrected chi connectivity index (χ0v) is 14.5. The van der Waals surface area contributed by atoms with Gasteiger partial charge in [0.05, 0.1) is 31.3 Å². The van der Waals surface area contributed by atoms with Gasteiger partial charge in [0, 0.05) is 13.1 Å². The number of likely N-dealkylation sites (tertiary alicyclic amines) is 1. The Kier molecular flexibility index (Phi) is 5.03. The molecule has 3 rings (SSSR count). The molecule has 2 fully saturated rings. The molecule has 0 saturated carbocycles. The average Bonchev–Trinajstić information content (AvgIpc) is 2.60. The van der Waals surface area contributed by atoms with Crippen molar-refractivity contribution in [3.63, 3.8) is 0 Å². The van der Waals surface area contributed by atoms with Crippen LogP contribution in [0.25, 0.3) is 0 Å². The lowest BCUT2D eigenvalue weighted by Gasteiger charge is -2.40. The van der Waals surface area contributed by atoms with Gasteiger partial charge in [-0.1, -0.05) is 12.1 Å². The third-order valence-electron chi connectivity index (χ3n) is 4.88.